The van der Waals surface area contributed by atoms with Crippen LogP contribution in [0, 0.1) is 0 Å². The van der Waals surface area contributed by atoms with Crippen molar-refractivity contribution >= 4 is 29.5 Å². The molecule has 0 unspecified atom stereocenters. The predicted molar refractivity (Wildman–Crippen MR) is 97.0 cm³/mol. The summed E-state index contributed by atoms with van der Waals surface area (Å²) in [5, 5.41) is 0.847. The van der Waals surface area contributed by atoms with Crippen LogP contribution in [0.1, 0.15) is 11.1 Å². The molecule has 0 spiro atoms. The minimum absolute atomic E-state index is 0.847. The van der Waals surface area contributed by atoms with Crippen molar-refractivity contribution in [2.75, 3.05) is 13.1 Å². The van der Waals surface area contributed by atoms with E-state index in [-0.39, 0.29) is 0 Å². The van der Waals surface area contributed by atoms with Gasteiger partial charge >= 0.3 is 0 Å². The van der Waals surface area contributed by atoms with Gasteiger partial charge in [0, 0.05) is 25.5 Å². The Morgan fingerprint density at radius 2 is 1.09 bits per heavy atom. The molecule has 0 saturated carbocycles. The summed E-state index contributed by atoms with van der Waals surface area (Å²) in [6.07, 6.45) is 8.31. The van der Waals surface area contributed by atoms with Gasteiger partial charge < -0.3 is 9.80 Å². The van der Waals surface area contributed by atoms with Crippen molar-refractivity contribution in [1.29, 1.82) is 0 Å². The van der Waals surface area contributed by atoms with Crippen molar-refractivity contribution in [2.24, 2.45) is 0 Å². The highest BCUT2D eigenvalue weighted by Gasteiger charge is 2.20. The molecule has 2 aromatic carbocycles. The van der Waals surface area contributed by atoms with Crippen molar-refractivity contribution < 1.29 is 0 Å². The molecule has 110 valence electrons. The molecule has 0 N–H and O–H groups in total. The number of hydrogen-bond donors (Lipinski definition) is 0. The lowest BCUT2D eigenvalue weighted by atomic mass is 10.2. The van der Waals surface area contributed by atoms with Crippen LogP contribution in [-0.2, 0) is 0 Å². The van der Waals surface area contributed by atoms with Gasteiger partial charge in [0.05, 0.1) is 0 Å². The van der Waals surface area contributed by atoms with Crippen LogP contribution in [-0.4, -0.2) is 28.0 Å². The number of thiocarbonyl (C=S) groups is 1. The molecule has 0 radical (unpaired) electrons. The molecule has 0 aliphatic carbocycles. The van der Waals surface area contributed by atoms with Crippen LogP contribution in [0.2, 0.25) is 0 Å². The van der Waals surface area contributed by atoms with Gasteiger partial charge in [-0.2, -0.15) is 0 Å². The molecule has 3 heteroatoms. The maximum atomic E-state index is 5.54. The second-order valence-corrected chi connectivity index (χ2v) is 5.49. The topological polar surface area (TPSA) is 6.48 Å². The summed E-state index contributed by atoms with van der Waals surface area (Å²) >= 11 is 5.54. The maximum absolute atomic E-state index is 5.54. The molecule has 3 rings (SSSR count). The molecule has 0 atom stereocenters. The maximum Gasteiger partial charge on any atom is 0.179 e. The first-order valence-corrected chi connectivity index (χ1v) is 7.77. The zero-order valence-electron chi connectivity index (χ0n) is 12.3. The second kappa shape index (κ2) is 7.05. The van der Waals surface area contributed by atoms with Crippen LogP contribution in [0.25, 0.3) is 12.2 Å². The largest absolute Gasteiger partial charge is 0.323 e. The van der Waals surface area contributed by atoms with Gasteiger partial charge in [-0.15, -0.1) is 0 Å². The first kappa shape index (κ1) is 14.5. The molecule has 0 aromatic heterocycles. The van der Waals surface area contributed by atoms with Crippen LogP contribution in [0.15, 0.2) is 73.1 Å². The lowest BCUT2D eigenvalue weighted by Crippen LogP contribution is -2.24. The Kier molecular flexibility index (Phi) is 4.66. The van der Waals surface area contributed by atoms with Gasteiger partial charge in [-0.1, -0.05) is 60.7 Å². The van der Waals surface area contributed by atoms with Crippen LogP contribution in [0.4, 0.5) is 0 Å². The second-order valence-electron chi connectivity index (χ2n) is 5.12. The molecular formula is C19H18N2S. The quantitative estimate of drug-likeness (QED) is 0.781. The standard InChI is InChI=1S/C19H18N2S/c22-19-20(13-11-17-7-3-1-4-8-17)15-16-21(19)14-12-18-9-5-2-6-10-18/h1-14H,15-16H2. The fourth-order valence-electron chi connectivity index (χ4n) is 2.33. The minimum atomic E-state index is 0.847. The normalized spacial score (nSPS) is 15.4. The minimum Gasteiger partial charge on any atom is -0.323 e. The summed E-state index contributed by atoms with van der Waals surface area (Å²) in [6.45, 7) is 1.84. The Labute approximate surface area is 137 Å². The smallest absolute Gasteiger partial charge is 0.179 e. The van der Waals surface area contributed by atoms with E-state index >= 15 is 0 Å². The van der Waals surface area contributed by atoms with Gasteiger partial charge in [-0.25, -0.2) is 0 Å². The van der Waals surface area contributed by atoms with Crippen LogP contribution in [0.3, 0.4) is 0 Å². The first-order valence-electron chi connectivity index (χ1n) is 7.37. The molecule has 0 amide bonds. The monoisotopic (exact) mass is 306 g/mol. The molecule has 2 aromatic rings. The van der Waals surface area contributed by atoms with Crippen molar-refractivity contribution in [3.05, 3.63) is 84.2 Å². The Balaban J connectivity index is 1.63. The third-order valence-electron chi connectivity index (χ3n) is 3.57. The zero-order chi connectivity index (χ0) is 15.2. The summed E-state index contributed by atoms with van der Waals surface area (Å²) in [4.78, 5) is 4.22. The van der Waals surface area contributed by atoms with Gasteiger partial charge in [0.1, 0.15) is 0 Å². The average Bonchev–Trinajstić information content (AvgIpc) is 2.93. The zero-order valence-corrected chi connectivity index (χ0v) is 13.1. The number of benzene rings is 2. The third-order valence-corrected chi connectivity index (χ3v) is 4.04. The lowest BCUT2D eigenvalue weighted by molar-refractivity contribution is 0.606. The van der Waals surface area contributed by atoms with E-state index in [1.165, 1.54) is 11.1 Å². The van der Waals surface area contributed by atoms with Crippen LogP contribution >= 0.6 is 12.2 Å². The molecule has 1 saturated heterocycles. The molecule has 1 heterocycles. The number of hydrogen-bond acceptors (Lipinski definition) is 1. The molecule has 2 nitrogen and oxygen atoms in total. The van der Waals surface area contributed by atoms with Crippen molar-refractivity contribution in [1.82, 2.24) is 9.80 Å². The predicted octanol–water partition coefficient (Wildman–Crippen LogP) is 4.23. The van der Waals surface area contributed by atoms with E-state index in [0.29, 0.717) is 0 Å². The van der Waals surface area contributed by atoms with E-state index in [1.54, 1.807) is 0 Å². The summed E-state index contributed by atoms with van der Waals surface area (Å²) in [7, 11) is 0. The van der Waals surface area contributed by atoms with Gasteiger partial charge in [0.25, 0.3) is 0 Å². The average molecular weight is 306 g/mol. The Hall–Kier alpha value is -2.39. The van der Waals surface area contributed by atoms with E-state index in [0.717, 1.165) is 18.2 Å². The molecular weight excluding hydrogens is 288 g/mol. The highest BCUT2D eigenvalue weighted by Crippen LogP contribution is 2.13. The van der Waals surface area contributed by atoms with E-state index in [9.17, 15) is 0 Å². The van der Waals surface area contributed by atoms with Crippen molar-refractivity contribution in [2.45, 2.75) is 0 Å². The first-order chi connectivity index (χ1) is 10.8. The molecule has 1 aliphatic heterocycles. The summed E-state index contributed by atoms with van der Waals surface area (Å²) in [5.41, 5.74) is 2.37. The Morgan fingerprint density at radius 3 is 1.50 bits per heavy atom. The summed E-state index contributed by atoms with van der Waals surface area (Å²) in [6, 6.07) is 20.5. The SMILES string of the molecule is S=C1N(C=Cc2ccccc2)CCN1C=Cc1ccccc1. The highest BCUT2D eigenvalue weighted by molar-refractivity contribution is 7.80. The fraction of sp³-hybridized carbons (Fsp3) is 0.105. The van der Waals surface area contributed by atoms with Gasteiger partial charge in [0.15, 0.2) is 5.11 Å². The lowest BCUT2D eigenvalue weighted by Gasteiger charge is -2.15. The van der Waals surface area contributed by atoms with Crippen molar-refractivity contribution in [3.63, 3.8) is 0 Å². The van der Waals surface area contributed by atoms with Gasteiger partial charge in [-0.3, -0.25) is 0 Å². The molecule has 1 aliphatic rings. The third kappa shape index (κ3) is 3.62. The fourth-order valence-corrected chi connectivity index (χ4v) is 2.63. The highest BCUT2D eigenvalue weighted by atomic mass is 32.1. The van der Waals surface area contributed by atoms with Crippen LogP contribution in [0.5, 0.6) is 0 Å². The summed E-state index contributed by atoms with van der Waals surface area (Å²) < 4.78 is 0. The van der Waals surface area contributed by atoms with Crippen molar-refractivity contribution in [3.8, 4) is 0 Å². The van der Waals surface area contributed by atoms with Gasteiger partial charge in [-0.05, 0) is 35.5 Å². The van der Waals surface area contributed by atoms with Gasteiger partial charge in [0.2, 0.25) is 0 Å². The summed E-state index contributed by atoms with van der Waals surface area (Å²) in [5.74, 6) is 0. The molecule has 1 fully saturated rings. The van der Waals surface area contributed by atoms with E-state index in [4.69, 9.17) is 12.2 Å². The number of rotatable bonds is 4. The van der Waals surface area contributed by atoms with E-state index in [2.05, 4.69) is 58.6 Å². The molecule has 0 bridgehead atoms. The Bertz CT molecular complexity index is 618. The number of nitrogens with zero attached hydrogens (tertiary/aromatic N) is 2. The van der Waals surface area contributed by atoms with E-state index < -0.39 is 0 Å². The van der Waals surface area contributed by atoms with E-state index in [1.807, 2.05) is 36.4 Å². The Morgan fingerprint density at radius 1 is 0.682 bits per heavy atom. The van der Waals surface area contributed by atoms with Crippen LogP contribution < -0.4 is 0 Å². The molecule has 22 heavy (non-hydrogen) atoms.